The zero-order chi connectivity index (χ0) is 14.6. The van der Waals surface area contributed by atoms with Gasteiger partial charge in [-0.3, -0.25) is 9.59 Å². The summed E-state index contributed by atoms with van der Waals surface area (Å²) in [5, 5.41) is 2.60. The molecule has 6 nitrogen and oxygen atoms in total. The lowest BCUT2D eigenvalue weighted by molar-refractivity contribution is -0.119. The first-order valence-electron chi connectivity index (χ1n) is 5.73. The van der Waals surface area contributed by atoms with Crippen LogP contribution in [0, 0.1) is 5.82 Å². The number of rotatable bonds is 5. The van der Waals surface area contributed by atoms with Crippen molar-refractivity contribution in [2.24, 2.45) is 5.73 Å². The molecule has 0 unspecified atom stereocenters. The van der Waals surface area contributed by atoms with Crippen molar-refractivity contribution < 1.29 is 14.0 Å². The van der Waals surface area contributed by atoms with Gasteiger partial charge in [-0.2, -0.15) is 0 Å². The second-order valence-corrected chi connectivity index (χ2v) is 4.06. The summed E-state index contributed by atoms with van der Waals surface area (Å²) in [6.45, 7) is 2.24. The van der Waals surface area contributed by atoms with E-state index < -0.39 is 11.7 Å². The molecule has 1 rings (SSSR count). The van der Waals surface area contributed by atoms with E-state index in [0.717, 1.165) is 6.07 Å². The molecule has 5 N–H and O–H groups in total. The number of nitrogens with one attached hydrogen (secondary N) is 1. The van der Waals surface area contributed by atoms with Crippen molar-refractivity contribution in [2.45, 2.75) is 6.92 Å². The summed E-state index contributed by atoms with van der Waals surface area (Å²) >= 11 is 0. The van der Waals surface area contributed by atoms with E-state index >= 15 is 0 Å². The number of benzene rings is 1. The van der Waals surface area contributed by atoms with E-state index in [4.69, 9.17) is 11.5 Å². The average molecular weight is 268 g/mol. The Morgan fingerprint density at radius 1 is 1.42 bits per heavy atom. The van der Waals surface area contributed by atoms with E-state index in [1.54, 1.807) is 6.92 Å². The summed E-state index contributed by atoms with van der Waals surface area (Å²) in [4.78, 5) is 24.0. The SMILES string of the molecule is CCNC(=O)CN(C)c1cc(C(N)=O)c(N)cc1F. The molecule has 0 aliphatic carbocycles. The van der Waals surface area contributed by atoms with Crippen LogP contribution < -0.4 is 21.7 Å². The highest BCUT2D eigenvalue weighted by Crippen LogP contribution is 2.24. The monoisotopic (exact) mass is 268 g/mol. The van der Waals surface area contributed by atoms with Crippen molar-refractivity contribution in [1.29, 1.82) is 0 Å². The van der Waals surface area contributed by atoms with E-state index in [0.29, 0.717) is 6.54 Å². The molecule has 0 spiro atoms. The third-order valence-electron chi connectivity index (χ3n) is 2.55. The number of carbonyl (C=O) groups is 2. The summed E-state index contributed by atoms with van der Waals surface area (Å²) < 4.78 is 13.8. The third kappa shape index (κ3) is 3.57. The van der Waals surface area contributed by atoms with Crippen molar-refractivity contribution in [3.05, 3.63) is 23.5 Å². The Hall–Kier alpha value is -2.31. The Morgan fingerprint density at radius 2 is 2.05 bits per heavy atom. The van der Waals surface area contributed by atoms with Gasteiger partial charge in [-0.25, -0.2) is 4.39 Å². The fourth-order valence-electron chi connectivity index (χ4n) is 1.64. The summed E-state index contributed by atoms with van der Waals surface area (Å²) in [5.41, 5.74) is 10.7. The molecule has 7 heteroatoms. The van der Waals surface area contributed by atoms with E-state index in [9.17, 15) is 14.0 Å². The van der Waals surface area contributed by atoms with Gasteiger partial charge in [-0.15, -0.1) is 0 Å². The Morgan fingerprint density at radius 3 is 2.58 bits per heavy atom. The first-order valence-corrected chi connectivity index (χ1v) is 5.73. The molecule has 0 radical (unpaired) electrons. The highest BCUT2D eigenvalue weighted by Gasteiger charge is 2.16. The number of hydrogen-bond acceptors (Lipinski definition) is 4. The van der Waals surface area contributed by atoms with Crippen LogP contribution in [0.15, 0.2) is 12.1 Å². The molecular weight excluding hydrogens is 251 g/mol. The molecule has 0 saturated carbocycles. The number of likely N-dealkylation sites (N-methyl/N-ethyl adjacent to an activating group) is 2. The molecule has 0 aliphatic rings. The largest absolute Gasteiger partial charge is 0.398 e. The molecule has 2 amide bonds. The number of halogens is 1. The second kappa shape index (κ2) is 6.03. The summed E-state index contributed by atoms with van der Waals surface area (Å²) in [7, 11) is 1.54. The number of nitrogens with two attached hydrogens (primary N) is 2. The van der Waals surface area contributed by atoms with Crippen molar-refractivity contribution in [3.63, 3.8) is 0 Å². The van der Waals surface area contributed by atoms with Crippen LogP contribution in [0.5, 0.6) is 0 Å². The summed E-state index contributed by atoms with van der Waals surface area (Å²) in [6, 6.07) is 2.26. The van der Waals surface area contributed by atoms with Gasteiger partial charge in [0, 0.05) is 19.3 Å². The van der Waals surface area contributed by atoms with Crippen LogP contribution in [-0.4, -0.2) is 32.0 Å². The van der Waals surface area contributed by atoms with Crippen LogP contribution in [0.4, 0.5) is 15.8 Å². The smallest absolute Gasteiger partial charge is 0.250 e. The number of carbonyl (C=O) groups excluding carboxylic acids is 2. The molecule has 0 aliphatic heterocycles. The van der Waals surface area contributed by atoms with Gasteiger partial charge < -0.3 is 21.7 Å². The minimum Gasteiger partial charge on any atom is -0.398 e. The van der Waals surface area contributed by atoms with Gasteiger partial charge in [0.1, 0.15) is 5.82 Å². The fraction of sp³-hybridized carbons (Fsp3) is 0.333. The minimum absolute atomic E-state index is 0.0270. The second-order valence-electron chi connectivity index (χ2n) is 4.06. The van der Waals surface area contributed by atoms with Gasteiger partial charge in [-0.05, 0) is 19.1 Å². The Labute approximate surface area is 110 Å². The van der Waals surface area contributed by atoms with Crippen LogP contribution in [0.3, 0.4) is 0 Å². The van der Waals surface area contributed by atoms with Crippen molar-refractivity contribution in [3.8, 4) is 0 Å². The normalized spacial score (nSPS) is 10.1. The molecule has 0 heterocycles. The summed E-state index contributed by atoms with van der Waals surface area (Å²) in [5.74, 6) is -1.61. The molecule has 0 fully saturated rings. The topological polar surface area (TPSA) is 101 Å². The van der Waals surface area contributed by atoms with Crippen molar-refractivity contribution in [2.75, 3.05) is 30.8 Å². The predicted octanol–water partition coefficient (Wildman–Crippen LogP) is 0.0791. The van der Waals surface area contributed by atoms with E-state index in [2.05, 4.69) is 5.32 Å². The summed E-state index contributed by atoms with van der Waals surface area (Å²) in [6.07, 6.45) is 0. The number of nitrogens with zero attached hydrogens (tertiary/aromatic N) is 1. The van der Waals surface area contributed by atoms with Crippen LogP contribution in [0.25, 0.3) is 0 Å². The van der Waals surface area contributed by atoms with Gasteiger partial charge >= 0.3 is 0 Å². The number of nitrogen functional groups attached to an aromatic ring is 1. The lowest BCUT2D eigenvalue weighted by Crippen LogP contribution is -2.35. The zero-order valence-electron chi connectivity index (χ0n) is 10.9. The lowest BCUT2D eigenvalue weighted by atomic mass is 10.1. The molecule has 104 valence electrons. The lowest BCUT2D eigenvalue weighted by Gasteiger charge is -2.20. The molecule has 0 bridgehead atoms. The first kappa shape index (κ1) is 14.7. The standard InChI is InChI=1S/C12H17FN4O2/c1-3-16-11(18)6-17(2)10-4-7(12(15)19)9(14)5-8(10)13/h4-5H,3,6,14H2,1-2H3,(H2,15,19)(H,16,18). The van der Waals surface area contributed by atoms with Gasteiger partial charge in [0.2, 0.25) is 5.91 Å². The average Bonchev–Trinajstić information content (AvgIpc) is 2.28. The Balaban J connectivity index is 3.02. The van der Waals surface area contributed by atoms with Crippen LogP contribution >= 0.6 is 0 Å². The highest BCUT2D eigenvalue weighted by atomic mass is 19.1. The van der Waals surface area contributed by atoms with Crippen LogP contribution in [0.1, 0.15) is 17.3 Å². The van der Waals surface area contributed by atoms with Gasteiger partial charge in [0.25, 0.3) is 5.91 Å². The van der Waals surface area contributed by atoms with Crippen molar-refractivity contribution >= 4 is 23.2 Å². The molecule has 0 atom stereocenters. The molecular formula is C12H17FN4O2. The number of primary amides is 1. The van der Waals surface area contributed by atoms with E-state index in [1.165, 1.54) is 18.0 Å². The molecule has 0 saturated heterocycles. The molecule has 1 aromatic rings. The minimum atomic E-state index is -0.745. The molecule has 0 aromatic heterocycles. The maximum absolute atomic E-state index is 13.8. The van der Waals surface area contributed by atoms with Crippen molar-refractivity contribution in [1.82, 2.24) is 5.32 Å². The van der Waals surface area contributed by atoms with E-state index in [1.807, 2.05) is 0 Å². The highest BCUT2D eigenvalue weighted by molar-refractivity contribution is 5.99. The van der Waals surface area contributed by atoms with Gasteiger partial charge in [0.15, 0.2) is 0 Å². The number of amides is 2. The Bertz CT molecular complexity index is 505. The van der Waals surface area contributed by atoms with Gasteiger partial charge in [-0.1, -0.05) is 0 Å². The van der Waals surface area contributed by atoms with Crippen LogP contribution in [0.2, 0.25) is 0 Å². The predicted molar refractivity (Wildman–Crippen MR) is 71.3 cm³/mol. The van der Waals surface area contributed by atoms with E-state index in [-0.39, 0.29) is 29.4 Å². The molecule has 19 heavy (non-hydrogen) atoms. The quantitative estimate of drug-likeness (QED) is 0.658. The Kier molecular flexibility index (Phi) is 4.68. The van der Waals surface area contributed by atoms with Gasteiger partial charge in [0.05, 0.1) is 17.8 Å². The fourth-order valence-corrected chi connectivity index (χ4v) is 1.64. The van der Waals surface area contributed by atoms with Crippen LogP contribution in [-0.2, 0) is 4.79 Å². The maximum Gasteiger partial charge on any atom is 0.250 e. The first-order chi connectivity index (χ1) is 8.86. The maximum atomic E-state index is 13.8. The molecule has 1 aromatic carbocycles. The number of anilines is 2. The number of hydrogen-bond donors (Lipinski definition) is 3. The third-order valence-corrected chi connectivity index (χ3v) is 2.55. The zero-order valence-corrected chi connectivity index (χ0v) is 10.9.